The molecule has 0 bridgehead atoms. The summed E-state index contributed by atoms with van der Waals surface area (Å²) in [7, 11) is -2.01. The summed E-state index contributed by atoms with van der Waals surface area (Å²) in [5.74, 6) is 0. The third kappa shape index (κ3) is 3.35. The first-order chi connectivity index (χ1) is 9.74. The third-order valence-electron chi connectivity index (χ3n) is 3.09. The molecule has 5 nitrogen and oxygen atoms in total. The van der Waals surface area contributed by atoms with Crippen LogP contribution in [0.4, 0.5) is 5.69 Å². The number of anilines is 1. The van der Waals surface area contributed by atoms with Gasteiger partial charge in [0, 0.05) is 30.5 Å². The van der Waals surface area contributed by atoms with Crippen molar-refractivity contribution in [2.24, 2.45) is 12.8 Å². The van der Waals surface area contributed by atoms with Crippen LogP contribution in [-0.2, 0) is 23.6 Å². The molecule has 0 saturated carbocycles. The maximum Gasteiger partial charge on any atom is 0.263 e. The predicted molar refractivity (Wildman–Crippen MR) is 85.3 cm³/mol. The van der Waals surface area contributed by atoms with E-state index in [9.17, 15) is 8.42 Å². The van der Waals surface area contributed by atoms with E-state index in [1.165, 1.54) is 18.3 Å². The lowest BCUT2D eigenvalue weighted by atomic mass is 10.2. The summed E-state index contributed by atoms with van der Waals surface area (Å²) < 4.78 is 28.8. The zero-order valence-electron chi connectivity index (χ0n) is 11.5. The Bertz CT molecular complexity index is 785. The standard InChI is InChI=1S/C13H15Cl2N3O2S/c1-8-3-12(15)13(5-11(8)14)17-21(19,20)10-4-9(6-16)18(2)7-10/h3-5,7,17H,6,16H2,1-2H3. The molecule has 0 aliphatic heterocycles. The third-order valence-corrected chi connectivity index (χ3v) is 5.15. The summed E-state index contributed by atoms with van der Waals surface area (Å²) in [5.41, 5.74) is 7.27. The molecule has 0 amide bonds. The van der Waals surface area contributed by atoms with Crippen LogP contribution in [0.15, 0.2) is 29.3 Å². The average Bonchev–Trinajstić information content (AvgIpc) is 2.78. The molecule has 0 aliphatic rings. The van der Waals surface area contributed by atoms with Crippen molar-refractivity contribution in [2.75, 3.05) is 4.72 Å². The molecule has 1 aromatic carbocycles. The maximum atomic E-state index is 12.4. The smallest absolute Gasteiger partial charge is 0.263 e. The summed E-state index contributed by atoms with van der Waals surface area (Å²) in [4.78, 5) is 0.123. The minimum absolute atomic E-state index is 0.123. The Kier molecular flexibility index (Phi) is 4.53. The Hall–Kier alpha value is -1.21. The SMILES string of the molecule is Cc1cc(Cl)c(NS(=O)(=O)c2cc(CN)n(C)c2)cc1Cl. The maximum absolute atomic E-state index is 12.4. The van der Waals surface area contributed by atoms with E-state index in [0.717, 1.165) is 5.56 Å². The number of hydrogen-bond acceptors (Lipinski definition) is 3. The summed E-state index contributed by atoms with van der Waals surface area (Å²) in [6.07, 6.45) is 1.49. The second-order valence-electron chi connectivity index (χ2n) is 4.67. The van der Waals surface area contributed by atoms with Gasteiger partial charge in [-0.1, -0.05) is 23.2 Å². The topological polar surface area (TPSA) is 77.1 Å². The quantitative estimate of drug-likeness (QED) is 0.892. The molecule has 2 rings (SSSR count). The molecule has 0 atom stereocenters. The van der Waals surface area contributed by atoms with Gasteiger partial charge in [-0.25, -0.2) is 8.42 Å². The van der Waals surface area contributed by atoms with Gasteiger partial charge in [0.05, 0.1) is 10.7 Å². The van der Waals surface area contributed by atoms with E-state index in [1.54, 1.807) is 24.6 Å². The molecule has 0 unspecified atom stereocenters. The fourth-order valence-electron chi connectivity index (χ4n) is 1.86. The van der Waals surface area contributed by atoms with Crippen LogP contribution in [0, 0.1) is 6.92 Å². The monoisotopic (exact) mass is 347 g/mol. The highest BCUT2D eigenvalue weighted by atomic mass is 35.5. The predicted octanol–water partition coefficient (Wildman–Crippen LogP) is 2.90. The molecule has 114 valence electrons. The molecule has 8 heteroatoms. The van der Waals surface area contributed by atoms with Crippen molar-refractivity contribution in [3.05, 3.63) is 45.7 Å². The van der Waals surface area contributed by atoms with Gasteiger partial charge in [-0.05, 0) is 30.7 Å². The molecular weight excluding hydrogens is 333 g/mol. The number of aromatic nitrogens is 1. The average molecular weight is 348 g/mol. The summed E-state index contributed by atoms with van der Waals surface area (Å²) in [6.45, 7) is 2.04. The Balaban J connectivity index is 2.39. The first-order valence-corrected chi connectivity index (χ1v) is 8.32. The fraction of sp³-hybridized carbons (Fsp3) is 0.231. The van der Waals surface area contributed by atoms with Crippen molar-refractivity contribution in [2.45, 2.75) is 18.4 Å². The van der Waals surface area contributed by atoms with E-state index in [0.29, 0.717) is 10.7 Å². The number of hydrogen-bond donors (Lipinski definition) is 2. The molecule has 0 spiro atoms. The van der Waals surface area contributed by atoms with Crippen LogP contribution < -0.4 is 10.5 Å². The van der Waals surface area contributed by atoms with Gasteiger partial charge in [-0.3, -0.25) is 4.72 Å². The molecule has 0 radical (unpaired) electrons. The largest absolute Gasteiger partial charge is 0.352 e. The minimum Gasteiger partial charge on any atom is -0.352 e. The fourth-order valence-corrected chi connectivity index (χ4v) is 3.50. The number of benzene rings is 1. The molecule has 1 aromatic heterocycles. The number of nitrogens with two attached hydrogens (primary N) is 1. The number of halogens is 2. The lowest BCUT2D eigenvalue weighted by Gasteiger charge is -2.10. The van der Waals surface area contributed by atoms with E-state index in [4.69, 9.17) is 28.9 Å². The first-order valence-electron chi connectivity index (χ1n) is 6.08. The van der Waals surface area contributed by atoms with Crippen molar-refractivity contribution in [3.8, 4) is 0 Å². The van der Waals surface area contributed by atoms with Gasteiger partial charge in [-0.15, -0.1) is 0 Å². The zero-order chi connectivity index (χ0) is 15.8. The van der Waals surface area contributed by atoms with Crippen molar-refractivity contribution in [1.82, 2.24) is 4.57 Å². The van der Waals surface area contributed by atoms with E-state index in [-0.39, 0.29) is 22.2 Å². The Morgan fingerprint density at radius 3 is 2.48 bits per heavy atom. The highest BCUT2D eigenvalue weighted by Crippen LogP contribution is 2.30. The highest BCUT2D eigenvalue weighted by molar-refractivity contribution is 7.92. The van der Waals surface area contributed by atoms with E-state index >= 15 is 0 Å². The van der Waals surface area contributed by atoms with Crippen molar-refractivity contribution < 1.29 is 8.42 Å². The van der Waals surface area contributed by atoms with Crippen LogP contribution >= 0.6 is 23.2 Å². The number of rotatable bonds is 4. The molecule has 0 saturated heterocycles. The van der Waals surface area contributed by atoms with Crippen LogP contribution in [0.5, 0.6) is 0 Å². The molecule has 0 fully saturated rings. The van der Waals surface area contributed by atoms with Gasteiger partial charge in [0.2, 0.25) is 0 Å². The van der Waals surface area contributed by atoms with Crippen LogP contribution in [-0.4, -0.2) is 13.0 Å². The second kappa shape index (κ2) is 5.88. The molecular formula is C13H15Cl2N3O2S. The van der Waals surface area contributed by atoms with Gasteiger partial charge < -0.3 is 10.3 Å². The Morgan fingerprint density at radius 1 is 1.24 bits per heavy atom. The number of sulfonamides is 1. The molecule has 2 aromatic rings. The van der Waals surface area contributed by atoms with E-state index in [1.807, 2.05) is 0 Å². The Morgan fingerprint density at radius 2 is 1.90 bits per heavy atom. The first kappa shape index (κ1) is 16.2. The number of nitrogens with zero attached hydrogens (tertiary/aromatic N) is 1. The van der Waals surface area contributed by atoms with Crippen LogP contribution in [0.1, 0.15) is 11.3 Å². The summed E-state index contributed by atoms with van der Waals surface area (Å²) >= 11 is 12.0. The number of aryl methyl sites for hydroxylation is 2. The van der Waals surface area contributed by atoms with Gasteiger partial charge in [-0.2, -0.15) is 0 Å². The zero-order valence-corrected chi connectivity index (χ0v) is 13.9. The summed E-state index contributed by atoms with van der Waals surface area (Å²) in [6, 6.07) is 4.62. The van der Waals surface area contributed by atoms with Crippen molar-refractivity contribution >= 4 is 38.9 Å². The van der Waals surface area contributed by atoms with Crippen LogP contribution in [0.25, 0.3) is 0 Å². The second-order valence-corrected chi connectivity index (χ2v) is 7.17. The minimum atomic E-state index is -3.75. The molecule has 0 aliphatic carbocycles. The lowest BCUT2D eigenvalue weighted by Crippen LogP contribution is -2.12. The molecule has 3 N–H and O–H groups in total. The Labute approximate surface area is 133 Å². The summed E-state index contributed by atoms with van der Waals surface area (Å²) in [5, 5.41) is 0.725. The van der Waals surface area contributed by atoms with E-state index in [2.05, 4.69) is 4.72 Å². The highest BCUT2D eigenvalue weighted by Gasteiger charge is 2.19. The molecule has 1 heterocycles. The van der Waals surface area contributed by atoms with Crippen molar-refractivity contribution in [3.63, 3.8) is 0 Å². The van der Waals surface area contributed by atoms with Crippen molar-refractivity contribution in [1.29, 1.82) is 0 Å². The van der Waals surface area contributed by atoms with Crippen LogP contribution in [0.2, 0.25) is 10.0 Å². The van der Waals surface area contributed by atoms with E-state index < -0.39 is 10.0 Å². The van der Waals surface area contributed by atoms with Crippen LogP contribution in [0.3, 0.4) is 0 Å². The lowest BCUT2D eigenvalue weighted by molar-refractivity contribution is 0.601. The van der Waals surface area contributed by atoms with Gasteiger partial charge >= 0.3 is 0 Å². The normalized spacial score (nSPS) is 11.7. The number of nitrogens with one attached hydrogen (secondary N) is 1. The van der Waals surface area contributed by atoms with Gasteiger partial charge in [0.1, 0.15) is 4.90 Å². The van der Waals surface area contributed by atoms with Gasteiger partial charge in [0.15, 0.2) is 0 Å². The molecule has 21 heavy (non-hydrogen) atoms. The van der Waals surface area contributed by atoms with Gasteiger partial charge in [0.25, 0.3) is 10.0 Å².